The zero-order valence-corrected chi connectivity index (χ0v) is 19.3. The van der Waals surface area contributed by atoms with Crippen molar-refractivity contribution >= 4 is 39.0 Å². The lowest BCUT2D eigenvalue weighted by atomic mass is 9.86. The predicted molar refractivity (Wildman–Crippen MR) is 127 cm³/mol. The van der Waals surface area contributed by atoms with Crippen LogP contribution < -0.4 is 15.8 Å². The Bertz CT molecular complexity index is 1330. The molecule has 3 atom stereocenters. The first-order valence-electron chi connectivity index (χ1n) is 10.6. The van der Waals surface area contributed by atoms with E-state index in [1.807, 2.05) is 0 Å². The van der Waals surface area contributed by atoms with E-state index in [4.69, 9.17) is 10.5 Å². The van der Waals surface area contributed by atoms with Gasteiger partial charge in [-0.05, 0) is 38.0 Å². The first kappa shape index (κ1) is 22.7. The van der Waals surface area contributed by atoms with Crippen LogP contribution in [0.5, 0.6) is 5.75 Å². The van der Waals surface area contributed by atoms with Crippen molar-refractivity contribution in [3.8, 4) is 5.75 Å². The molecule has 34 heavy (non-hydrogen) atoms. The van der Waals surface area contributed by atoms with Crippen molar-refractivity contribution in [2.75, 3.05) is 19.1 Å². The van der Waals surface area contributed by atoms with E-state index in [-0.39, 0.29) is 24.2 Å². The second-order valence-corrected chi connectivity index (χ2v) is 11.2. The summed E-state index contributed by atoms with van der Waals surface area (Å²) in [4.78, 5) is 17.3. The number of benzene rings is 1. The van der Waals surface area contributed by atoms with Gasteiger partial charge in [0.15, 0.2) is 5.82 Å². The maximum absolute atomic E-state index is 15.1. The Kier molecular flexibility index (Phi) is 5.15. The molecule has 3 aromatic rings. The number of fused-ring (bicyclic) bond motifs is 3. The Morgan fingerprint density at radius 1 is 1.26 bits per heavy atom. The molecule has 0 spiro atoms. The Hall–Kier alpha value is -3.09. The van der Waals surface area contributed by atoms with Gasteiger partial charge in [0.1, 0.15) is 46.2 Å². The summed E-state index contributed by atoms with van der Waals surface area (Å²) in [6, 6.07) is 6.02. The van der Waals surface area contributed by atoms with Crippen LogP contribution in [0.4, 0.5) is 20.3 Å². The summed E-state index contributed by atoms with van der Waals surface area (Å²) in [6.07, 6.45) is 3.30. The standard InChI is InChI=1S/C22H24F2N6O3S/c1-21(17-5-6-22(10-23,20(25)30-21)34(17,31)32)14-7-12(3-4-15(14)24)29-19-18-16(27-11-28-19)8-13(33-2)9-26-18/h3-4,7-9,11,17,31-32H,5-6,10H2,1-2H3,(H2,25,30)(H,27,28,29)/t17-,21+,22-/m0/s1. The number of alkyl halides is 1. The number of nitrogens with zero attached hydrogens (tertiary/aromatic N) is 4. The molecule has 0 saturated carbocycles. The summed E-state index contributed by atoms with van der Waals surface area (Å²) in [5.74, 6) is 0.157. The van der Waals surface area contributed by atoms with Gasteiger partial charge in [0, 0.05) is 17.3 Å². The number of rotatable bonds is 5. The molecule has 0 radical (unpaired) electrons. The summed E-state index contributed by atoms with van der Waals surface area (Å²) in [5, 5.41) is 2.25. The van der Waals surface area contributed by atoms with E-state index in [0.717, 1.165) is 0 Å². The molecule has 0 aliphatic carbocycles. The summed E-state index contributed by atoms with van der Waals surface area (Å²) < 4.78 is 54.7. The number of amidine groups is 1. The summed E-state index contributed by atoms with van der Waals surface area (Å²) in [5.41, 5.74) is 6.32. The molecular formula is C22H24F2N6O3S. The molecular weight excluding hydrogens is 466 g/mol. The molecule has 12 heteroatoms. The molecule has 1 saturated heterocycles. The van der Waals surface area contributed by atoms with Gasteiger partial charge in [0.2, 0.25) is 0 Å². The second kappa shape index (κ2) is 7.72. The highest BCUT2D eigenvalue weighted by Gasteiger charge is 2.65. The molecule has 180 valence electrons. The van der Waals surface area contributed by atoms with Gasteiger partial charge in [0.05, 0.1) is 24.1 Å². The first-order chi connectivity index (χ1) is 16.2. The van der Waals surface area contributed by atoms with Crippen molar-refractivity contribution < 1.29 is 22.6 Å². The number of ether oxygens (including phenoxy) is 1. The van der Waals surface area contributed by atoms with E-state index >= 15 is 4.39 Å². The molecule has 0 amide bonds. The third kappa shape index (κ3) is 3.05. The molecule has 1 fully saturated rings. The number of methoxy groups -OCH3 is 1. The minimum absolute atomic E-state index is 0.118. The van der Waals surface area contributed by atoms with Crippen LogP contribution in [0.25, 0.3) is 11.0 Å². The van der Waals surface area contributed by atoms with Crippen LogP contribution in [0.2, 0.25) is 0 Å². The lowest BCUT2D eigenvalue weighted by molar-refractivity contribution is 0.368. The Morgan fingerprint density at radius 3 is 2.79 bits per heavy atom. The molecule has 2 aliphatic heterocycles. The molecule has 2 bridgehead atoms. The highest BCUT2D eigenvalue weighted by atomic mass is 32.3. The molecule has 9 nitrogen and oxygen atoms in total. The number of hydrogen-bond acceptors (Lipinski definition) is 9. The number of aliphatic imine (C=N–C) groups is 1. The average Bonchev–Trinajstić information content (AvgIpc) is 3.03. The maximum Gasteiger partial charge on any atom is 0.160 e. The largest absolute Gasteiger partial charge is 0.495 e. The van der Waals surface area contributed by atoms with Crippen LogP contribution in [0.1, 0.15) is 25.3 Å². The van der Waals surface area contributed by atoms with Crippen molar-refractivity contribution in [2.45, 2.75) is 35.3 Å². The highest BCUT2D eigenvalue weighted by Crippen LogP contribution is 2.71. The minimum atomic E-state index is -3.53. The smallest absolute Gasteiger partial charge is 0.160 e. The topological polar surface area (TPSA) is 139 Å². The van der Waals surface area contributed by atoms with Gasteiger partial charge in [-0.25, -0.2) is 23.7 Å². The number of anilines is 2. The summed E-state index contributed by atoms with van der Waals surface area (Å²) in [6.45, 7) is 0.572. The fourth-order valence-electron chi connectivity index (χ4n) is 4.96. The Balaban J connectivity index is 1.57. The number of pyridine rings is 1. The van der Waals surface area contributed by atoms with Crippen LogP contribution in [0.3, 0.4) is 0 Å². The van der Waals surface area contributed by atoms with E-state index in [9.17, 15) is 13.5 Å². The molecule has 2 aliphatic rings. The second-order valence-electron chi connectivity index (χ2n) is 8.68. The molecule has 0 unspecified atom stereocenters. The Labute approximate surface area is 195 Å². The van der Waals surface area contributed by atoms with Gasteiger partial charge in [0.25, 0.3) is 0 Å². The van der Waals surface area contributed by atoms with Crippen molar-refractivity contribution in [2.24, 2.45) is 10.7 Å². The van der Waals surface area contributed by atoms with Gasteiger partial charge >= 0.3 is 0 Å². The van der Waals surface area contributed by atoms with E-state index in [0.29, 0.717) is 28.3 Å². The third-order valence-electron chi connectivity index (χ3n) is 6.91. The van der Waals surface area contributed by atoms with E-state index in [2.05, 4.69) is 25.3 Å². The van der Waals surface area contributed by atoms with Crippen LogP contribution in [0.15, 0.2) is 41.8 Å². The van der Waals surface area contributed by atoms with Gasteiger partial charge in [-0.1, -0.05) is 0 Å². The third-order valence-corrected chi connectivity index (χ3v) is 10.1. The van der Waals surface area contributed by atoms with Gasteiger partial charge in [-0.2, -0.15) is 10.6 Å². The lowest BCUT2D eigenvalue weighted by Gasteiger charge is -2.54. The zero-order chi connectivity index (χ0) is 24.3. The predicted octanol–water partition coefficient (Wildman–Crippen LogP) is 4.12. The first-order valence-corrected chi connectivity index (χ1v) is 12.2. The van der Waals surface area contributed by atoms with E-state index in [1.54, 1.807) is 13.0 Å². The SMILES string of the molecule is COc1cnc2c(Nc3ccc(F)c([C@@]4(C)N=C(N)[C@@]5(CF)CC[C@@H]4S5(O)O)c3)ncnc2c1. The normalized spacial score (nSPS) is 28.4. The average molecular weight is 491 g/mol. The number of nitrogens with two attached hydrogens (primary N) is 1. The van der Waals surface area contributed by atoms with Crippen LogP contribution in [-0.4, -0.2) is 53.7 Å². The molecule has 5 N–H and O–H groups in total. The quantitative estimate of drug-likeness (QED) is 0.419. The van der Waals surface area contributed by atoms with Crippen LogP contribution >= 0.6 is 10.6 Å². The van der Waals surface area contributed by atoms with Crippen molar-refractivity contribution in [3.05, 3.63) is 48.2 Å². The molecule has 2 aromatic heterocycles. The summed E-state index contributed by atoms with van der Waals surface area (Å²) >= 11 is 0. The van der Waals surface area contributed by atoms with Crippen LogP contribution in [0, 0.1) is 5.82 Å². The van der Waals surface area contributed by atoms with Gasteiger partial charge < -0.3 is 15.8 Å². The van der Waals surface area contributed by atoms with E-state index < -0.39 is 38.6 Å². The molecule has 4 heterocycles. The highest BCUT2D eigenvalue weighted by molar-refractivity contribution is 8.26. The van der Waals surface area contributed by atoms with Gasteiger partial charge in [-0.15, -0.1) is 0 Å². The fraction of sp³-hybridized carbons (Fsp3) is 0.364. The van der Waals surface area contributed by atoms with E-state index in [1.165, 1.54) is 37.8 Å². The number of nitrogens with one attached hydrogen (secondary N) is 1. The van der Waals surface area contributed by atoms with Gasteiger partial charge in [-0.3, -0.25) is 14.1 Å². The monoisotopic (exact) mass is 490 g/mol. The molecule has 5 rings (SSSR count). The van der Waals surface area contributed by atoms with Crippen molar-refractivity contribution in [1.29, 1.82) is 0 Å². The number of halogens is 2. The molecule has 1 aromatic carbocycles. The lowest BCUT2D eigenvalue weighted by Crippen LogP contribution is -2.55. The Morgan fingerprint density at radius 2 is 2.06 bits per heavy atom. The minimum Gasteiger partial charge on any atom is -0.495 e. The fourth-order valence-corrected chi connectivity index (χ4v) is 7.71. The van der Waals surface area contributed by atoms with Crippen molar-refractivity contribution in [1.82, 2.24) is 15.0 Å². The van der Waals surface area contributed by atoms with Crippen molar-refractivity contribution in [3.63, 3.8) is 0 Å². The zero-order valence-electron chi connectivity index (χ0n) is 18.5. The number of aromatic nitrogens is 3. The summed E-state index contributed by atoms with van der Waals surface area (Å²) in [7, 11) is -2.00. The maximum atomic E-state index is 15.1. The number of hydrogen-bond donors (Lipinski definition) is 4. The van der Waals surface area contributed by atoms with Crippen LogP contribution in [-0.2, 0) is 5.54 Å².